The van der Waals surface area contributed by atoms with Crippen LogP contribution in [0.2, 0.25) is 0 Å². The quantitative estimate of drug-likeness (QED) is 0.641. The number of nitrogen functional groups attached to an aromatic ring is 1. The van der Waals surface area contributed by atoms with Gasteiger partial charge in [-0.2, -0.15) is 0 Å². The Morgan fingerprint density at radius 2 is 2.00 bits per heavy atom. The third-order valence-corrected chi connectivity index (χ3v) is 3.50. The zero-order valence-corrected chi connectivity index (χ0v) is 11.8. The van der Waals surface area contributed by atoms with Gasteiger partial charge in [0.25, 0.3) is 0 Å². The van der Waals surface area contributed by atoms with Gasteiger partial charge in [0, 0.05) is 5.56 Å². The van der Waals surface area contributed by atoms with Crippen LogP contribution in [0.25, 0.3) is 22.4 Å². The zero-order chi connectivity index (χ0) is 15.7. The minimum atomic E-state index is -0.939. The molecule has 3 aromatic rings. The first-order valence-electron chi connectivity index (χ1n) is 6.89. The summed E-state index contributed by atoms with van der Waals surface area (Å²) in [7, 11) is 0. The molecular weight excluding hydrogens is 285 g/mol. The largest absolute Gasteiger partial charge is 0.397 e. The fourth-order valence-electron chi connectivity index (χ4n) is 2.47. The van der Waals surface area contributed by atoms with Crippen molar-refractivity contribution in [3.05, 3.63) is 48.3 Å². The fraction of sp³-hybridized carbons (Fsp3) is 0.188. The molecule has 0 amide bonds. The van der Waals surface area contributed by atoms with Gasteiger partial charge in [0.15, 0.2) is 0 Å². The Hall–Kier alpha value is -2.44. The summed E-state index contributed by atoms with van der Waals surface area (Å²) in [5, 5.41) is 18.9. The smallest absolute Gasteiger partial charge is 0.141 e. The van der Waals surface area contributed by atoms with Crippen molar-refractivity contribution in [3.63, 3.8) is 0 Å². The second kappa shape index (κ2) is 5.75. The molecule has 0 aliphatic carbocycles. The number of imidazole rings is 1. The van der Waals surface area contributed by atoms with Gasteiger partial charge < -0.3 is 20.5 Å². The molecule has 1 unspecified atom stereocenters. The van der Waals surface area contributed by atoms with Crippen molar-refractivity contribution in [2.24, 2.45) is 0 Å². The lowest BCUT2D eigenvalue weighted by molar-refractivity contribution is 0.0824. The lowest BCUT2D eigenvalue weighted by Crippen LogP contribution is -2.20. The molecule has 1 atom stereocenters. The van der Waals surface area contributed by atoms with E-state index < -0.39 is 6.10 Å². The van der Waals surface area contributed by atoms with E-state index in [1.54, 1.807) is 28.8 Å². The summed E-state index contributed by atoms with van der Waals surface area (Å²) < 4.78 is 15.2. The number of para-hydroxylation sites is 1. The molecule has 0 radical (unpaired) electrons. The monoisotopic (exact) mass is 301 g/mol. The average Bonchev–Trinajstić information content (AvgIpc) is 2.87. The molecular formula is C16H16FN3O2. The topological polar surface area (TPSA) is 84.3 Å². The van der Waals surface area contributed by atoms with E-state index in [-0.39, 0.29) is 19.0 Å². The van der Waals surface area contributed by atoms with E-state index in [0.29, 0.717) is 22.6 Å². The highest BCUT2D eigenvalue weighted by molar-refractivity contribution is 5.90. The zero-order valence-electron chi connectivity index (χ0n) is 11.8. The summed E-state index contributed by atoms with van der Waals surface area (Å²) >= 11 is 0. The number of benzene rings is 2. The van der Waals surface area contributed by atoms with E-state index >= 15 is 0 Å². The van der Waals surface area contributed by atoms with Gasteiger partial charge in [-0.05, 0) is 24.3 Å². The fourth-order valence-corrected chi connectivity index (χ4v) is 2.47. The molecule has 3 rings (SSSR count). The molecule has 0 fully saturated rings. The summed E-state index contributed by atoms with van der Waals surface area (Å²) in [6.07, 6.45) is -0.939. The number of nitrogens with two attached hydrogens (primary N) is 1. The first kappa shape index (κ1) is 14.5. The Morgan fingerprint density at radius 1 is 1.23 bits per heavy atom. The SMILES string of the molecule is Nc1cccc2c1nc(-c1cccc(F)c1)n2CC(O)CO. The van der Waals surface area contributed by atoms with Gasteiger partial charge >= 0.3 is 0 Å². The van der Waals surface area contributed by atoms with Gasteiger partial charge in [-0.3, -0.25) is 0 Å². The molecule has 1 heterocycles. The van der Waals surface area contributed by atoms with Crippen molar-refractivity contribution in [1.82, 2.24) is 9.55 Å². The van der Waals surface area contributed by atoms with Crippen LogP contribution in [0.5, 0.6) is 0 Å². The van der Waals surface area contributed by atoms with Crippen molar-refractivity contribution in [1.29, 1.82) is 0 Å². The van der Waals surface area contributed by atoms with Crippen LogP contribution >= 0.6 is 0 Å². The standard InChI is InChI=1S/C16H16FN3O2/c17-11-4-1-3-10(7-11)16-19-15-13(18)5-2-6-14(15)20(16)8-12(22)9-21/h1-7,12,21-22H,8-9,18H2. The Kier molecular flexibility index (Phi) is 3.79. The normalized spacial score (nSPS) is 12.7. The van der Waals surface area contributed by atoms with Crippen molar-refractivity contribution in [2.45, 2.75) is 12.6 Å². The van der Waals surface area contributed by atoms with Crippen LogP contribution in [0, 0.1) is 5.82 Å². The number of fused-ring (bicyclic) bond motifs is 1. The van der Waals surface area contributed by atoms with Gasteiger partial charge in [-0.25, -0.2) is 9.37 Å². The van der Waals surface area contributed by atoms with Crippen molar-refractivity contribution < 1.29 is 14.6 Å². The summed E-state index contributed by atoms with van der Waals surface area (Å²) in [4.78, 5) is 4.49. The third-order valence-electron chi connectivity index (χ3n) is 3.50. The first-order valence-corrected chi connectivity index (χ1v) is 6.89. The Bertz CT molecular complexity index is 816. The van der Waals surface area contributed by atoms with E-state index in [9.17, 15) is 9.50 Å². The molecule has 0 bridgehead atoms. The maximum Gasteiger partial charge on any atom is 0.141 e. The van der Waals surface area contributed by atoms with Gasteiger partial charge in [-0.1, -0.05) is 18.2 Å². The summed E-state index contributed by atoms with van der Waals surface area (Å²) in [6, 6.07) is 11.4. The number of rotatable bonds is 4. The number of halogens is 1. The molecule has 6 heteroatoms. The molecule has 0 saturated heterocycles. The number of nitrogens with zero attached hydrogens (tertiary/aromatic N) is 2. The highest BCUT2D eigenvalue weighted by Crippen LogP contribution is 2.28. The molecule has 0 aliphatic heterocycles. The lowest BCUT2D eigenvalue weighted by Gasteiger charge is -2.13. The van der Waals surface area contributed by atoms with Crippen molar-refractivity contribution in [3.8, 4) is 11.4 Å². The van der Waals surface area contributed by atoms with Crippen LogP contribution in [0.15, 0.2) is 42.5 Å². The van der Waals surface area contributed by atoms with E-state index in [4.69, 9.17) is 10.8 Å². The number of hydrogen-bond acceptors (Lipinski definition) is 4. The number of aliphatic hydroxyl groups excluding tert-OH is 2. The van der Waals surface area contributed by atoms with Gasteiger partial charge in [0.2, 0.25) is 0 Å². The van der Waals surface area contributed by atoms with Crippen LogP contribution < -0.4 is 5.73 Å². The number of aliphatic hydroxyl groups is 2. The van der Waals surface area contributed by atoms with Gasteiger partial charge in [-0.15, -0.1) is 0 Å². The third kappa shape index (κ3) is 2.54. The number of aromatic nitrogens is 2. The van der Waals surface area contributed by atoms with E-state index in [1.165, 1.54) is 12.1 Å². The van der Waals surface area contributed by atoms with Gasteiger partial charge in [0.1, 0.15) is 17.2 Å². The molecule has 114 valence electrons. The minimum Gasteiger partial charge on any atom is -0.397 e. The Balaban J connectivity index is 2.23. The minimum absolute atomic E-state index is 0.141. The Labute approximate surface area is 126 Å². The molecule has 0 aliphatic rings. The molecule has 5 nitrogen and oxygen atoms in total. The van der Waals surface area contributed by atoms with E-state index in [2.05, 4.69) is 4.98 Å². The molecule has 1 aromatic heterocycles. The molecule has 0 spiro atoms. The highest BCUT2D eigenvalue weighted by atomic mass is 19.1. The van der Waals surface area contributed by atoms with E-state index in [1.807, 2.05) is 6.07 Å². The number of anilines is 1. The predicted molar refractivity (Wildman–Crippen MR) is 82.6 cm³/mol. The molecule has 0 saturated carbocycles. The molecule has 2 aromatic carbocycles. The second-order valence-electron chi connectivity index (χ2n) is 5.11. The van der Waals surface area contributed by atoms with Crippen LogP contribution in [0.3, 0.4) is 0 Å². The van der Waals surface area contributed by atoms with Crippen LogP contribution in [-0.4, -0.2) is 32.5 Å². The van der Waals surface area contributed by atoms with E-state index in [0.717, 1.165) is 5.52 Å². The maximum absolute atomic E-state index is 13.5. The number of hydrogen-bond donors (Lipinski definition) is 3. The Morgan fingerprint density at radius 3 is 2.73 bits per heavy atom. The molecule has 4 N–H and O–H groups in total. The summed E-state index contributed by atoms with van der Waals surface area (Å²) in [5.41, 5.74) is 8.36. The van der Waals surface area contributed by atoms with Crippen molar-refractivity contribution in [2.75, 3.05) is 12.3 Å². The lowest BCUT2D eigenvalue weighted by atomic mass is 10.2. The van der Waals surface area contributed by atoms with Gasteiger partial charge in [0.05, 0.1) is 30.5 Å². The van der Waals surface area contributed by atoms with Crippen LogP contribution in [0.1, 0.15) is 0 Å². The molecule has 22 heavy (non-hydrogen) atoms. The highest BCUT2D eigenvalue weighted by Gasteiger charge is 2.17. The van der Waals surface area contributed by atoms with Crippen molar-refractivity contribution >= 4 is 16.7 Å². The average molecular weight is 301 g/mol. The summed E-state index contributed by atoms with van der Waals surface area (Å²) in [6.45, 7) is -0.229. The summed E-state index contributed by atoms with van der Waals surface area (Å²) in [5.74, 6) is 0.131. The maximum atomic E-state index is 13.5. The predicted octanol–water partition coefficient (Wildman–Crippen LogP) is 1.78. The first-order chi connectivity index (χ1) is 10.6. The van der Waals surface area contributed by atoms with Crippen LogP contribution in [0.4, 0.5) is 10.1 Å². The van der Waals surface area contributed by atoms with Crippen LogP contribution in [-0.2, 0) is 6.54 Å². The second-order valence-corrected chi connectivity index (χ2v) is 5.11.